The Balaban J connectivity index is 2.92. The summed E-state index contributed by atoms with van der Waals surface area (Å²) in [5.41, 5.74) is 0. The number of rotatable bonds is 0. The molecular weight excluding hydrogens is 247 g/mol. The zero-order valence-electron chi connectivity index (χ0n) is 4.41. The summed E-state index contributed by atoms with van der Waals surface area (Å²) in [5, 5.41) is 0. The molecule has 0 unspecified atom stereocenters. The van der Waals surface area contributed by atoms with E-state index in [-0.39, 0.29) is 0 Å². The van der Waals surface area contributed by atoms with Gasteiger partial charge in [0.2, 0.25) is 0 Å². The SMILES string of the molecule is Ic1cn2cncc2s1. The lowest BCUT2D eigenvalue weighted by atomic mass is 10.9. The van der Waals surface area contributed by atoms with Crippen LogP contribution < -0.4 is 0 Å². The molecule has 2 rings (SSSR count). The summed E-state index contributed by atoms with van der Waals surface area (Å²) >= 11 is 4.05. The number of hydrogen-bond acceptors (Lipinski definition) is 2. The van der Waals surface area contributed by atoms with Crippen LogP contribution in [-0.4, -0.2) is 9.38 Å². The van der Waals surface area contributed by atoms with Crippen LogP contribution in [0.4, 0.5) is 0 Å². The van der Waals surface area contributed by atoms with Crippen LogP contribution in [0.1, 0.15) is 0 Å². The quantitative estimate of drug-likeness (QED) is 0.653. The van der Waals surface area contributed by atoms with Crippen LogP contribution in [0.15, 0.2) is 18.7 Å². The molecule has 4 heteroatoms. The molecule has 0 spiro atoms. The van der Waals surface area contributed by atoms with Crippen LogP contribution in [0.2, 0.25) is 0 Å². The van der Waals surface area contributed by atoms with E-state index in [1.165, 1.54) is 7.71 Å². The maximum Gasteiger partial charge on any atom is 0.120 e. The maximum absolute atomic E-state index is 3.97. The first-order valence-electron chi connectivity index (χ1n) is 2.43. The minimum Gasteiger partial charge on any atom is -0.296 e. The van der Waals surface area contributed by atoms with Crippen molar-refractivity contribution in [1.82, 2.24) is 9.38 Å². The van der Waals surface area contributed by atoms with Crippen molar-refractivity contribution in [3.05, 3.63) is 21.6 Å². The summed E-state index contributed by atoms with van der Waals surface area (Å²) in [6, 6.07) is 0. The van der Waals surface area contributed by atoms with Crippen molar-refractivity contribution in [3.63, 3.8) is 0 Å². The van der Waals surface area contributed by atoms with Crippen molar-refractivity contribution in [2.24, 2.45) is 0 Å². The van der Waals surface area contributed by atoms with Crippen molar-refractivity contribution in [3.8, 4) is 0 Å². The fourth-order valence-corrected chi connectivity index (χ4v) is 2.37. The molecule has 0 radical (unpaired) electrons. The van der Waals surface area contributed by atoms with Crippen LogP contribution in [0, 0.1) is 2.88 Å². The molecule has 0 aromatic carbocycles. The number of nitrogens with zero attached hydrogens (tertiary/aromatic N) is 2. The van der Waals surface area contributed by atoms with Crippen LogP contribution in [-0.2, 0) is 0 Å². The first-order valence-corrected chi connectivity index (χ1v) is 4.33. The number of imidazole rings is 1. The summed E-state index contributed by atoms with van der Waals surface area (Å²) in [7, 11) is 0. The van der Waals surface area contributed by atoms with Gasteiger partial charge in [0.25, 0.3) is 0 Å². The van der Waals surface area contributed by atoms with Gasteiger partial charge in [-0.1, -0.05) is 0 Å². The van der Waals surface area contributed by atoms with E-state index in [1.807, 2.05) is 16.9 Å². The van der Waals surface area contributed by atoms with Gasteiger partial charge in [0.1, 0.15) is 4.83 Å². The van der Waals surface area contributed by atoms with Crippen molar-refractivity contribution < 1.29 is 0 Å². The van der Waals surface area contributed by atoms with Crippen LogP contribution in [0.3, 0.4) is 0 Å². The van der Waals surface area contributed by atoms with Crippen molar-refractivity contribution in [2.75, 3.05) is 0 Å². The highest BCUT2D eigenvalue weighted by molar-refractivity contribution is 14.1. The molecule has 0 aliphatic heterocycles. The summed E-state index contributed by atoms with van der Waals surface area (Å²) in [6.07, 6.45) is 5.74. The van der Waals surface area contributed by atoms with E-state index in [0.717, 1.165) is 0 Å². The van der Waals surface area contributed by atoms with Crippen molar-refractivity contribution in [2.45, 2.75) is 0 Å². The third-order valence-corrected chi connectivity index (χ3v) is 2.84. The molecule has 0 saturated heterocycles. The third-order valence-electron chi connectivity index (χ3n) is 1.07. The predicted octanol–water partition coefficient (Wildman–Crippen LogP) is 2.00. The number of halogens is 1. The number of thiazole rings is 1. The Bertz CT molecular complexity index is 296. The highest BCUT2D eigenvalue weighted by atomic mass is 127. The fourth-order valence-electron chi connectivity index (χ4n) is 0.704. The normalized spacial score (nSPS) is 10.8. The predicted molar refractivity (Wildman–Crippen MR) is 45.8 cm³/mol. The van der Waals surface area contributed by atoms with Crippen molar-refractivity contribution >= 4 is 38.8 Å². The number of aromatic nitrogens is 2. The molecule has 0 atom stereocenters. The highest BCUT2D eigenvalue weighted by Gasteiger charge is 1.95. The van der Waals surface area contributed by atoms with Crippen LogP contribution in [0.25, 0.3) is 4.83 Å². The molecule has 2 aromatic heterocycles. The lowest BCUT2D eigenvalue weighted by molar-refractivity contribution is 1.17. The van der Waals surface area contributed by atoms with Gasteiger partial charge in [-0.2, -0.15) is 0 Å². The van der Waals surface area contributed by atoms with E-state index in [9.17, 15) is 0 Å². The molecule has 0 aliphatic rings. The standard InChI is InChI=1S/C5H3IN2S/c6-4-2-8-3-7-1-5(8)9-4/h1-3H. The molecule has 0 aliphatic carbocycles. The van der Waals surface area contributed by atoms with E-state index in [4.69, 9.17) is 0 Å². The van der Waals surface area contributed by atoms with E-state index in [1.54, 1.807) is 11.3 Å². The molecule has 0 bridgehead atoms. The summed E-state index contributed by atoms with van der Waals surface area (Å²) in [4.78, 5) is 5.18. The lowest BCUT2D eigenvalue weighted by Gasteiger charge is -1.72. The Morgan fingerprint density at radius 2 is 2.56 bits per heavy atom. The number of fused-ring (bicyclic) bond motifs is 1. The smallest absolute Gasteiger partial charge is 0.120 e. The molecule has 9 heavy (non-hydrogen) atoms. The molecule has 2 heterocycles. The first kappa shape index (κ1) is 5.67. The van der Waals surface area contributed by atoms with E-state index >= 15 is 0 Å². The summed E-state index contributed by atoms with van der Waals surface area (Å²) < 4.78 is 3.32. The Kier molecular flexibility index (Phi) is 1.23. The van der Waals surface area contributed by atoms with Gasteiger partial charge in [-0.15, -0.1) is 11.3 Å². The second-order valence-electron chi connectivity index (χ2n) is 1.67. The zero-order valence-corrected chi connectivity index (χ0v) is 7.39. The third kappa shape index (κ3) is 0.858. The molecule has 2 aromatic rings. The van der Waals surface area contributed by atoms with Crippen LogP contribution >= 0.6 is 33.9 Å². The van der Waals surface area contributed by atoms with Crippen molar-refractivity contribution in [1.29, 1.82) is 0 Å². The van der Waals surface area contributed by atoms with Crippen LogP contribution in [0.5, 0.6) is 0 Å². The Morgan fingerprint density at radius 3 is 3.33 bits per heavy atom. The zero-order chi connectivity index (χ0) is 6.27. The molecule has 46 valence electrons. The topological polar surface area (TPSA) is 17.3 Å². The summed E-state index contributed by atoms with van der Waals surface area (Å²) in [5.74, 6) is 0. The molecule has 0 amide bonds. The highest BCUT2D eigenvalue weighted by Crippen LogP contribution is 2.18. The lowest BCUT2D eigenvalue weighted by Crippen LogP contribution is -1.67. The Hall–Kier alpha value is -0.100. The van der Waals surface area contributed by atoms with Gasteiger partial charge in [-0.3, -0.25) is 4.40 Å². The average molecular weight is 250 g/mol. The second kappa shape index (κ2) is 1.95. The van der Waals surface area contributed by atoms with Gasteiger partial charge < -0.3 is 0 Å². The van der Waals surface area contributed by atoms with Gasteiger partial charge in [0.15, 0.2) is 0 Å². The Morgan fingerprint density at radius 1 is 1.67 bits per heavy atom. The summed E-state index contributed by atoms with van der Waals surface area (Å²) in [6.45, 7) is 0. The monoisotopic (exact) mass is 250 g/mol. The average Bonchev–Trinajstić information content (AvgIpc) is 2.22. The second-order valence-corrected chi connectivity index (χ2v) is 4.63. The number of hydrogen-bond donors (Lipinski definition) is 0. The van der Waals surface area contributed by atoms with Gasteiger partial charge in [0, 0.05) is 6.20 Å². The molecule has 2 nitrogen and oxygen atoms in total. The van der Waals surface area contributed by atoms with Gasteiger partial charge in [-0.25, -0.2) is 4.98 Å². The van der Waals surface area contributed by atoms with Gasteiger partial charge >= 0.3 is 0 Å². The molecular formula is C5H3IN2S. The maximum atomic E-state index is 3.97. The van der Waals surface area contributed by atoms with E-state index in [2.05, 4.69) is 33.8 Å². The minimum absolute atomic E-state index is 1.21. The van der Waals surface area contributed by atoms with Gasteiger partial charge in [0.05, 0.1) is 15.4 Å². The fraction of sp³-hybridized carbons (Fsp3) is 0. The molecule has 0 N–H and O–H groups in total. The largest absolute Gasteiger partial charge is 0.296 e. The van der Waals surface area contributed by atoms with E-state index < -0.39 is 0 Å². The first-order chi connectivity index (χ1) is 4.36. The minimum atomic E-state index is 1.21. The molecule has 0 saturated carbocycles. The van der Waals surface area contributed by atoms with Gasteiger partial charge in [-0.05, 0) is 22.6 Å². The van der Waals surface area contributed by atoms with E-state index in [0.29, 0.717) is 0 Å². The molecule has 0 fully saturated rings. The Labute approximate surface area is 69.7 Å².